The highest BCUT2D eigenvalue weighted by molar-refractivity contribution is 6.35. The molecule has 0 N–H and O–H groups in total. The first-order valence-electron chi connectivity index (χ1n) is 10.8. The van der Waals surface area contributed by atoms with Crippen LogP contribution in [0.3, 0.4) is 0 Å². The molecule has 188 valence electrons. The average Bonchev–Trinajstić information content (AvgIpc) is 3.51. The second-order valence-corrected chi connectivity index (χ2v) is 7.94. The van der Waals surface area contributed by atoms with Gasteiger partial charge in [-0.25, -0.2) is 4.79 Å². The van der Waals surface area contributed by atoms with Crippen LogP contribution in [-0.2, 0) is 11.3 Å². The number of nitrogens with zero attached hydrogens (tertiary/aromatic N) is 2. The third-order valence-corrected chi connectivity index (χ3v) is 5.92. The summed E-state index contributed by atoms with van der Waals surface area (Å²) in [5.74, 6) is 2.28. The van der Waals surface area contributed by atoms with Crippen LogP contribution >= 0.6 is 11.6 Å². The third-order valence-electron chi connectivity index (χ3n) is 5.56. The zero-order valence-corrected chi connectivity index (χ0v) is 21.2. The van der Waals surface area contributed by atoms with E-state index < -0.39 is 5.97 Å². The smallest absolute Gasteiger partial charge is 0.373 e. The van der Waals surface area contributed by atoms with Crippen LogP contribution in [0.5, 0.6) is 23.0 Å². The van der Waals surface area contributed by atoms with Gasteiger partial charge in [0.15, 0.2) is 23.0 Å². The Bertz CT molecular complexity index is 1390. The molecule has 2 aromatic carbocycles. The maximum absolute atomic E-state index is 11.8. The molecule has 4 aromatic rings. The van der Waals surface area contributed by atoms with E-state index in [1.54, 1.807) is 63.5 Å². The average molecular weight is 513 g/mol. The lowest BCUT2D eigenvalue weighted by molar-refractivity contribution is 0.0563. The van der Waals surface area contributed by atoms with Crippen LogP contribution < -0.4 is 18.9 Å². The zero-order chi connectivity index (χ0) is 25.8. The Morgan fingerprint density at radius 1 is 0.833 bits per heavy atom. The molecule has 4 rings (SSSR count). The number of benzene rings is 2. The Hall–Kier alpha value is -4.11. The maximum atomic E-state index is 11.8. The van der Waals surface area contributed by atoms with Crippen molar-refractivity contribution in [3.63, 3.8) is 0 Å². The predicted octanol–water partition coefficient (Wildman–Crippen LogP) is 5.33. The van der Waals surface area contributed by atoms with Gasteiger partial charge in [0.05, 0.1) is 52.8 Å². The highest BCUT2D eigenvalue weighted by atomic mass is 35.5. The Morgan fingerprint density at radius 2 is 1.42 bits per heavy atom. The summed E-state index contributed by atoms with van der Waals surface area (Å²) < 4.78 is 33.8. The van der Waals surface area contributed by atoms with Crippen LogP contribution in [0.15, 0.2) is 52.9 Å². The molecule has 0 aliphatic carbocycles. The lowest BCUT2D eigenvalue weighted by Crippen LogP contribution is -2.04. The molecule has 0 saturated carbocycles. The summed E-state index contributed by atoms with van der Waals surface area (Å²) in [4.78, 5) is 11.8. The minimum atomic E-state index is -0.564. The minimum Gasteiger partial charge on any atom is -0.493 e. The lowest BCUT2D eigenvalue weighted by Gasteiger charge is -2.11. The first-order valence-corrected chi connectivity index (χ1v) is 11.2. The van der Waals surface area contributed by atoms with Gasteiger partial charge in [0.1, 0.15) is 11.5 Å². The van der Waals surface area contributed by atoms with Crippen molar-refractivity contribution >= 4 is 17.6 Å². The van der Waals surface area contributed by atoms with Crippen molar-refractivity contribution in [3.05, 3.63) is 65.1 Å². The molecule has 2 aromatic heterocycles. The number of hydrogen-bond donors (Lipinski definition) is 0. The fraction of sp³-hybridized carbons (Fsp3) is 0.231. The van der Waals surface area contributed by atoms with Crippen molar-refractivity contribution in [2.24, 2.45) is 0 Å². The van der Waals surface area contributed by atoms with Gasteiger partial charge in [-0.2, -0.15) is 5.10 Å². The number of methoxy groups -OCH3 is 5. The van der Waals surface area contributed by atoms with Crippen LogP contribution in [0.1, 0.15) is 16.3 Å². The lowest BCUT2D eigenvalue weighted by atomic mass is 10.1. The molecule has 0 atom stereocenters. The van der Waals surface area contributed by atoms with E-state index in [0.717, 1.165) is 11.1 Å². The molecule has 9 nitrogen and oxygen atoms in total. The van der Waals surface area contributed by atoms with E-state index in [1.807, 2.05) is 18.2 Å². The molecule has 36 heavy (non-hydrogen) atoms. The van der Waals surface area contributed by atoms with Crippen LogP contribution in [0.4, 0.5) is 0 Å². The summed E-state index contributed by atoms with van der Waals surface area (Å²) in [5.41, 5.74) is 2.63. The standard InChI is InChI=1S/C26H25ClN2O7/c1-31-18-9-6-15(12-21(18)33-3)24-23(27)25(16-7-10-19(32-2)22(13-16)34-4)29(28-24)14-17-8-11-20(36-17)26(30)35-5/h6-13H,14H2,1-5H3. The number of hydrogen-bond acceptors (Lipinski definition) is 8. The molecule has 0 fully saturated rings. The molecule has 10 heteroatoms. The second-order valence-electron chi connectivity index (χ2n) is 7.57. The zero-order valence-electron chi connectivity index (χ0n) is 20.5. The normalized spacial score (nSPS) is 10.7. The minimum absolute atomic E-state index is 0.0959. The summed E-state index contributed by atoms with van der Waals surface area (Å²) in [5, 5.41) is 5.21. The van der Waals surface area contributed by atoms with E-state index in [2.05, 4.69) is 0 Å². The SMILES string of the molecule is COC(=O)c1ccc(Cn2nc(-c3ccc(OC)c(OC)c3)c(Cl)c2-c2ccc(OC)c(OC)c2)o1. The van der Waals surface area contributed by atoms with Crippen molar-refractivity contribution in [3.8, 4) is 45.5 Å². The monoisotopic (exact) mass is 512 g/mol. The van der Waals surface area contributed by atoms with Gasteiger partial charge in [0.2, 0.25) is 5.76 Å². The van der Waals surface area contributed by atoms with Crippen LogP contribution in [0.25, 0.3) is 22.5 Å². The number of aromatic nitrogens is 2. The van der Waals surface area contributed by atoms with Gasteiger partial charge in [0.25, 0.3) is 0 Å². The Balaban J connectivity index is 1.86. The third kappa shape index (κ3) is 4.70. The van der Waals surface area contributed by atoms with Gasteiger partial charge in [-0.15, -0.1) is 0 Å². The molecule has 0 bridgehead atoms. The first kappa shape index (κ1) is 25.0. The number of carbonyl (C=O) groups excluding carboxylic acids is 1. The predicted molar refractivity (Wildman–Crippen MR) is 133 cm³/mol. The number of furan rings is 1. The van der Waals surface area contributed by atoms with Crippen molar-refractivity contribution in [1.29, 1.82) is 0 Å². The molecule has 2 heterocycles. The highest BCUT2D eigenvalue weighted by Crippen LogP contribution is 2.41. The van der Waals surface area contributed by atoms with Crippen LogP contribution in [0.2, 0.25) is 5.02 Å². The van der Waals surface area contributed by atoms with E-state index in [-0.39, 0.29) is 12.3 Å². The number of esters is 1. The van der Waals surface area contributed by atoms with E-state index in [4.69, 9.17) is 44.8 Å². The Labute approximate surface area is 213 Å². The molecular weight excluding hydrogens is 488 g/mol. The Kier molecular flexibility index (Phi) is 7.40. The molecule has 0 aliphatic rings. The quantitative estimate of drug-likeness (QED) is 0.278. The Morgan fingerprint density at radius 3 is 2.00 bits per heavy atom. The van der Waals surface area contributed by atoms with Crippen molar-refractivity contribution in [2.75, 3.05) is 35.5 Å². The first-order chi connectivity index (χ1) is 17.4. The topological polar surface area (TPSA) is 94.2 Å². The van der Waals surface area contributed by atoms with Crippen LogP contribution in [0, 0.1) is 0 Å². The van der Waals surface area contributed by atoms with Gasteiger partial charge in [-0.05, 0) is 48.5 Å². The van der Waals surface area contributed by atoms with Crippen molar-refractivity contribution in [1.82, 2.24) is 9.78 Å². The number of carbonyl (C=O) groups is 1. The van der Waals surface area contributed by atoms with E-state index in [0.29, 0.717) is 45.2 Å². The van der Waals surface area contributed by atoms with Crippen molar-refractivity contribution < 1.29 is 32.9 Å². The summed E-state index contributed by atoms with van der Waals surface area (Å²) in [6.45, 7) is 0.202. The van der Waals surface area contributed by atoms with Gasteiger partial charge in [0, 0.05) is 11.1 Å². The van der Waals surface area contributed by atoms with Gasteiger partial charge >= 0.3 is 5.97 Å². The largest absolute Gasteiger partial charge is 0.493 e. The summed E-state index contributed by atoms with van der Waals surface area (Å²) in [7, 11) is 7.56. The van der Waals surface area contributed by atoms with E-state index >= 15 is 0 Å². The molecule has 0 amide bonds. The molecule has 0 aliphatic heterocycles. The molecule has 0 spiro atoms. The number of halogens is 1. The summed E-state index contributed by atoms with van der Waals surface area (Å²) in [6, 6.07) is 14.2. The second kappa shape index (κ2) is 10.7. The van der Waals surface area contributed by atoms with Crippen molar-refractivity contribution in [2.45, 2.75) is 6.54 Å². The van der Waals surface area contributed by atoms with Gasteiger partial charge in [-0.3, -0.25) is 4.68 Å². The van der Waals surface area contributed by atoms with Gasteiger partial charge in [-0.1, -0.05) is 11.6 Å². The van der Waals surface area contributed by atoms with Gasteiger partial charge < -0.3 is 28.1 Å². The fourth-order valence-corrected chi connectivity index (χ4v) is 4.16. The van der Waals surface area contributed by atoms with E-state index in [9.17, 15) is 4.79 Å². The molecular formula is C26H25ClN2O7. The van der Waals surface area contributed by atoms with Crippen LogP contribution in [-0.4, -0.2) is 51.3 Å². The highest BCUT2D eigenvalue weighted by Gasteiger charge is 2.23. The molecule has 0 unspecified atom stereocenters. The van der Waals surface area contributed by atoms with E-state index in [1.165, 1.54) is 7.11 Å². The summed E-state index contributed by atoms with van der Waals surface area (Å²) in [6.07, 6.45) is 0. The molecule has 0 radical (unpaired) electrons. The number of ether oxygens (including phenoxy) is 5. The number of rotatable bonds is 9. The molecule has 0 saturated heterocycles. The summed E-state index contributed by atoms with van der Waals surface area (Å²) >= 11 is 6.95. The fourth-order valence-electron chi connectivity index (χ4n) is 3.80. The maximum Gasteiger partial charge on any atom is 0.373 e.